The Bertz CT molecular complexity index is 565. The molecule has 1 amide bonds. The monoisotopic (exact) mass is 263 g/mol. The van der Waals surface area contributed by atoms with Gasteiger partial charge in [0.15, 0.2) is 0 Å². The number of nitrogens with one attached hydrogen (secondary N) is 2. The van der Waals surface area contributed by atoms with Gasteiger partial charge in [0.2, 0.25) is 0 Å². The van der Waals surface area contributed by atoms with Crippen molar-refractivity contribution in [1.29, 1.82) is 0 Å². The van der Waals surface area contributed by atoms with Gasteiger partial charge in [0.05, 0.1) is 5.56 Å². The van der Waals surface area contributed by atoms with Crippen LogP contribution in [-0.2, 0) is 0 Å². The zero-order valence-corrected chi connectivity index (χ0v) is 10.8. The molecule has 0 aliphatic carbocycles. The van der Waals surface area contributed by atoms with Gasteiger partial charge in [-0.25, -0.2) is 0 Å². The highest BCUT2D eigenvalue weighted by atomic mass is 35.5. The molecule has 2 aromatic heterocycles. The molecule has 94 valence electrons. The second kappa shape index (κ2) is 4.82. The summed E-state index contributed by atoms with van der Waals surface area (Å²) in [5.41, 5.74) is 3.81. The lowest BCUT2D eigenvalue weighted by Crippen LogP contribution is -2.33. The summed E-state index contributed by atoms with van der Waals surface area (Å²) in [4.78, 5) is 19.1. The van der Waals surface area contributed by atoms with Crippen molar-refractivity contribution in [3.05, 3.63) is 41.9 Å². The number of aromatic nitrogens is 2. The van der Waals surface area contributed by atoms with Crippen LogP contribution in [0.5, 0.6) is 0 Å². The zero-order valence-electron chi connectivity index (χ0n) is 9.93. The van der Waals surface area contributed by atoms with Crippen LogP contribution in [-0.4, -0.2) is 22.4 Å². The summed E-state index contributed by atoms with van der Waals surface area (Å²) < 4.78 is 0. The van der Waals surface area contributed by atoms with Gasteiger partial charge < -0.3 is 10.3 Å². The van der Waals surface area contributed by atoms with Crippen molar-refractivity contribution in [2.45, 2.75) is 12.8 Å². The lowest BCUT2D eigenvalue weighted by molar-refractivity contribution is 0.0941. The number of aromatic amines is 1. The Labute approximate surface area is 111 Å². The first-order valence-corrected chi connectivity index (χ1v) is 5.67. The molecule has 0 spiro atoms. The van der Waals surface area contributed by atoms with Crippen LogP contribution >= 0.6 is 12.4 Å². The van der Waals surface area contributed by atoms with Crippen LogP contribution in [0.15, 0.2) is 30.6 Å². The topological polar surface area (TPSA) is 57.8 Å². The minimum atomic E-state index is 0. The van der Waals surface area contributed by atoms with Crippen LogP contribution in [0.4, 0.5) is 0 Å². The number of carbonyl (C=O) groups is 1. The van der Waals surface area contributed by atoms with Crippen LogP contribution in [0, 0.1) is 0 Å². The Morgan fingerprint density at radius 3 is 2.72 bits per heavy atom. The van der Waals surface area contributed by atoms with Crippen molar-refractivity contribution in [1.82, 2.24) is 15.3 Å². The van der Waals surface area contributed by atoms with Crippen LogP contribution in [0.1, 0.15) is 28.9 Å². The number of nitrogens with zero attached hydrogens (tertiary/aromatic N) is 1. The molecule has 0 fully saturated rings. The zero-order chi connectivity index (χ0) is 11.8. The van der Waals surface area contributed by atoms with E-state index in [4.69, 9.17) is 0 Å². The van der Waals surface area contributed by atoms with Crippen LogP contribution in [0.2, 0.25) is 0 Å². The highest BCUT2D eigenvalue weighted by Gasteiger charge is 2.24. The molecular weight excluding hydrogens is 250 g/mol. The first-order valence-electron chi connectivity index (χ1n) is 5.67. The predicted molar refractivity (Wildman–Crippen MR) is 72.0 cm³/mol. The first-order chi connectivity index (χ1) is 8.25. The number of rotatable bonds is 1. The van der Waals surface area contributed by atoms with Gasteiger partial charge in [-0.3, -0.25) is 9.78 Å². The third kappa shape index (κ3) is 1.99. The van der Waals surface area contributed by atoms with E-state index in [0.29, 0.717) is 12.5 Å². The molecule has 18 heavy (non-hydrogen) atoms. The second-order valence-electron chi connectivity index (χ2n) is 4.36. The number of H-pyrrole nitrogens is 1. The fraction of sp³-hybridized carbons (Fsp3) is 0.231. The number of amides is 1. The number of pyridine rings is 1. The van der Waals surface area contributed by atoms with Crippen LogP contribution < -0.4 is 5.32 Å². The van der Waals surface area contributed by atoms with Crippen molar-refractivity contribution < 1.29 is 4.79 Å². The molecule has 5 heteroatoms. The van der Waals surface area contributed by atoms with E-state index >= 15 is 0 Å². The van der Waals surface area contributed by atoms with Crippen LogP contribution in [0.25, 0.3) is 11.3 Å². The predicted octanol–water partition coefficient (Wildman–Crippen LogP) is 2.35. The number of carbonyl (C=O) groups excluding carboxylic acids is 1. The summed E-state index contributed by atoms with van der Waals surface area (Å²) >= 11 is 0. The molecule has 0 bridgehead atoms. The summed E-state index contributed by atoms with van der Waals surface area (Å²) in [6.07, 6.45) is 3.50. The van der Waals surface area contributed by atoms with Crippen molar-refractivity contribution in [3.8, 4) is 11.3 Å². The van der Waals surface area contributed by atoms with E-state index in [1.165, 1.54) is 0 Å². The molecule has 3 heterocycles. The highest BCUT2D eigenvalue weighted by Crippen LogP contribution is 2.28. The molecule has 4 nitrogen and oxygen atoms in total. The van der Waals surface area contributed by atoms with Gasteiger partial charge in [0, 0.05) is 41.8 Å². The van der Waals surface area contributed by atoms with E-state index in [1.807, 2.05) is 18.2 Å². The van der Waals surface area contributed by atoms with E-state index in [0.717, 1.165) is 22.5 Å². The quantitative estimate of drug-likeness (QED) is 0.830. The summed E-state index contributed by atoms with van der Waals surface area (Å²) in [6.45, 7) is 2.80. The molecule has 1 unspecified atom stereocenters. The molecule has 0 radical (unpaired) electrons. The molecule has 3 rings (SSSR count). The van der Waals surface area contributed by atoms with E-state index < -0.39 is 0 Å². The maximum absolute atomic E-state index is 11.7. The van der Waals surface area contributed by atoms with Crippen molar-refractivity contribution in [2.75, 3.05) is 6.54 Å². The molecular formula is C13H14ClN3O. The van der Waals surface area contributed by atoms with Gasteiger partial charge >= 0.3 is 0 Å². The molecule has 0 aromatic carbocycles. The standard InChI is InChI=1S/C13H13N3O.ClH/c1-8-7-15-13(17)10-6-11(16-12(8)10)9-2-4-14-5-3-9;/h2-6,8,16H,7H2,1H3,(H,15,17);1H. The third-order valence-corrected chi connectivity index (χ3v) is 3.15. The first kappa shape index (κ1) is 12.6. The summed E-state index contributed by atoms with van der Waals surface area (Å²) in [5.74, 6) is 0.341. The number of fused-ring (bicyclic) bond motifs is 1. The Kier molecular flexibility index (Phi) is 3.39. The molecule has 1 atom stereocenters. The number of hydrogen-bond donors (Lipinski definition) is 2. The van der Waals surface area contributed by atoms with E-state index in [9.17, 15) is 4.79 Å². The van der Waals surface area contributed by atoms with E-state index in [-0.39, 0.29) is 18.3 Å². The van der Waals surface area contributed by atoms with Crippen LogP contribution in [0.3, 0.4) is 0 Å². The molecule has 2 N–H and O–H groups in total. The molecule has 2 aromatic rings. The van der Waals surface area contributed by atoms with Gasteiger partial charge in [0.25, 0.3) is 5.91 Å². The third-order valence-electron chi connectivity index (χ3n) is 3.15. The molecule has 0 saturated carbocycles. The lowest BCUT2D eigenvalue weighted by Gasteiger charge is -2.18. The SMILES string of the molecule is CC1CNC(=O)c2cc(-c3ccncc3)[nH]c21.Cl. The average Bonchev–Trinajstić information content (AvgIpc) is 2.81. The average molecular weight is 264 g/mol. The largest absolute Gasteiger partial charge is 0.357 e. The van der Waals surface area contributed by atoms with Crippen molar-refractivity contribution >= 4 is 18.3 Å². The van der Waals surface area contributed by atoms with Gasteiger partial charge in [-0.15, -0.1) is 12.4 Å². The number of hydrogen-bond acceptors (Lipinski definition) is 2. The smallest absolute Gasteiger partial charge is 0.253 e. The Balaban J connectivity index is 0.00000120. The van der Waals surface area contributed by atoms with Crippen molar-refractivity contribution in [3.63, 3.8) is 0 Å². The fourth-order valence-corrected chi connectivity index (χ4v) is 2.18. The summed E-state index contributed by atoms with van der Waals surface area (Å²) in [7, 11) is 0. The van der Waals surface area contributed by atoms with Gasteiger partial charge in [-0.2, -0.15) is 0 Å². The summed E-state index contributed by atoms with van der Waals surface area (Å²) in [5, 5.41) is 2.88. The van der Waals surface area contributed by atoms with Crippen molar-refractivity contribution in [2.24, 2.45) is 0 Å². The molecule has 0 saturated heterocycles. The maximum Gasteiger partial charge on any atom is 0.253 e. The van der Waals surface area contributed by atoms with Gasteiger partial charge in [-0.05, 0) is 18.2 Å². The lowest BCUT2D eigenvalue weighted by atomic mass is 10.00. The number of halogens is 1. The van der Waals surface area contributed by atoms with E-state index in [2.05, 4.69) is 22.2 Å². The van der Waals surface area contributed by atoms with Gasteiger partial charge in [0.1, 0.15) is 0 Å². The Morgan fingerprint density at radius 1 is 1.33 bits per heavy atom. The minimum Gasteiger partial charge on any atom is -0.357 e. The fourth-order valence-electron chi connectivity index (χ4n) is 2.18. The Hall–Kier alpha value is -1.81. The summed E-state index contributed by atoms with van der Waals surface area (Å²) in [6, 6.07) is 5.77. The van der Waals surface area contributed by atoms with Gasteiger partial charge in [-0.1, -0.05) is 6.92 Å². The molecule has 1 aliphatic heterocycles. The van der Waals surface area contributed by atoms with E-state index in [1.54, 1.807) is 12.4 Å². The Morgan fingerprint density at radius 2 is 2.06 bits per heavy atom. The molecule has 1 aliphatic rings. The highest BCUT2D eigenvalue weighted by molar-refractivity contribution is 5.98. The minimum absolute atomic E-state index is 0. The normalized spacial score (nSPS) is 17.6. The maximum atomic E-state index is 11.7. The second-order valence-corrected chi connectivity index (χ2v) is 4.36.